The Balaban J connectivity index is -0.0000000784. The van der Waals surface area contributed by atoms with Crippen LogP contribution >= 0.6 is 46.4 Å². The van der Waals surface area contributed by atoms with Gasteiger partial charge in [0.25, 0.3) is 0 Å². The van der Waals surface area contributed by atoms with E-state index in [0.717, 1.165) is 51.4 Å². The molecule has 0 aliphatic carbocycles. The van der Waals surface area contributed by atoms with Crippen LogP contribution in [0.1, 0.15) is 156 Å². The summed E-state index contributed by atoms with van der Waals surface area (Å²) in [6, 6.07) is 0. The van der Waals surface area contributed by atoms with Gasteiger partial charge < -0.3 is 40.9 Å². The van der Waals surface area contributed by atoms with Gasteiger partial charge in [0.1, 0.15) is 0 Å². The minimum Gasteiger partial charge on any atom is -0.481 e. The Kier molecular flexibility index (Phi) is 84.2. The highest BCUT2D eigenvalue weighted by atomic mass is 35.5. The van der Waals surface area contributed by atoms with E-state index in [2.05, 4.69) is 0 Å². The van der Waals surface area contributed by atoms with Crippen molar-refractivity contribution in [3.05, 3.63) is 0 Å². The van der Waals surface area contributed by atoms with Crippen molar-refractivity contribution in [3.63, 3.8) is 0 Å². The van der Waals surface area contributed by atoms with Crippen molar-refractivity contribution in [2.75, 3.05) is 23.5 Å². The number of rotatable bonds is 24. The molecule has 0 aliphatic rings. The van der Waals surface area contributed by atoms with Gasteiger partial charge in [0.15, 0.2) is 0 Å². The maximum Gasteiger partial charge on any atom is 0.303 e. The highest BCUT2D eigenvalue weighted by molar-refractivity contribution is 6.18. The average Bonchev–Trinajstić information content (AvgIpc) is 3.12. The highest BCUT2D eigenvalue weighted by Gasteiger charge is 1.95. The van der Waals surface area contributed by atoms with Crippen LogP contribution in [0.3, 0.4) is 0 Å². The Hall–Kier alpha value is -3.08. The lowest BCUT2D eigenvalue weighted by molar-refractivity contribution is -0.138. The smallest absolute Gasteiger partial charge is 0.303 e. The fraction of sp³-hybridized carbons (Fsp3) is 0.778. The van der Waals surface area contributed by atoms with Crippen molar-refractivity contribution in [1.29, 1.82) is 0 Å². The van der Waals surface area contributed by atoms with Crippen LogP contribution < -0.4 is 0 Å². The Morgan fingerprint density at radius 3 is 0.411 bits per heavy atom. The number of halogens is 4. The third kappa shape index (κ3) is 152. The van der Waals surface area contributed by atoms with Crippen LogP contribution in [-0.2, 0) is 38.4 Å². The van der Waals surface area contributed by atoms with Crippen LogP contribution in [0.2, 0.25) is 0 Å². The van der Waals surface area contributed by atoms with E-state index in [4.69, 9.17) is 87.3 Å². The van der Waals surface area contributed by atoms with Crippen LogP contribution in [0.25, 0.3) is 0 Å². The zero-order valence-electron chi connectivity index (χ0n) is 33.3. The van der Waals surface area contributed by atoms with Crippen molar-refractivity contribution in [2.45, 2.75) is 156 Å². The first kappa shape index (κ1) is 70.7. The first-order valence-electron chi connectivity index (χ1n) is 18.1. The molecule has 0 radical (unpaired) electrons. The van der Waals surface area contributed by atoms with Crippen molar-refractivity contribution in [3.8, 4) is 0 Å². The fourth-order valence-electron chi connectivity index (χ4n) is 2.18. The van der Waals surface area contributed by atoms with Crippen LogP contribution in [0.5, 0.6) is 0 Å². The standard InChI is InChI=1S/4C5H10O2.4C4H7ClO2/c4*1-2-3-4-5(6)7;4*5-3-1-2-4(6)7/h4*2-4H2,1H3,(H,6,7);4*1-3H2,(H,6,7). The minimum absolute atomic E-state index is 0.184. The normalized spacial score (nSPS) is 8.71. The molecule has 8 N–H and O–H groups in total. The summed E-state index contributed by atoms with van der Waals surface area (Å²) in [4.78, 5) is 77.8. The van der Waals surface area contributed by atoms with Gasteiger partial charge in [-0.05, 0) is 51.4 Å². The molecule has 0 aromatic rings. The summed E-state index contributed by atoms with van der Waals surface area (Å²) in [5, 5.41) is 64.1. The molecule has 16 nitrogen and oxygen atoms in total. The molecule has 0 amide bonds. The molecule has 336 valence electrons. The molecule has 0 saturated carbocycles. The highest BCUT2D eigenvalue weighted by Crippen LogP contribution is 1.94. The topological polar surface area (TPSA) is 298 Å². The van der Waals surface area contributed by atoms with Gasteiger partial charge in [-0.2, -0.15) is 0 Å². The van der Waals surface area contributed by atoms with Gasteiger partial charge in [-0.15, -0.1) is 46.4 Å². The third-order valence-corrected chi connectivity index (χ3v) is 6.14. The first-order chi connectivity index (χ1) is 26.2. The minimum atomic E-state index is -0.777. The maximum absolute atomic E-state index is 9.76. The summed E-state index contributed by atoms with van der Waals surface area (Å²) in [7, 11) is 0. The summed E-state index contributed by atoms with van der Waals surface area (Å²) in [6.07, 6.45) is 11.3. The number of carboxylic acid groups (broad SMARTS) is 8. The summed E-state index contributed by atoms with van der Waals surface area (Å²) < 4.78 is 0. The zero-order chi connectivity index (χ0) is 45.6. The molecule has 0 spiro atoms. The zero-order valence-corrected chi connectivity index (χ0v) is 36.3. The van der Waals surface area contributed by atoms with E-state index >= 15 is 0 Å². The fourth-order valence-corrected chi connectivity index (χ4v) is 2.72. The largest absolute Gasteiger partial charge is 0.481 e. The Bertz CT molecular complexity index is 708. The van der Waals surface area contributed by atoms with E-state index in [1.807, 2.05) is 27.7 Å². The molecule has 0 aromatic heterocycles. The predicted molar refractivity (Wildman–Crippen MR) is 219 cm³/mol. The molecule has 0 aromatic carbocycles. The van der Waals surface area contributed by atoms with E-state index in [-0.39, 0.29) is 25.7 Å². The first-order valence-corrected chi connectivity index (χ1v) is 20.3. The molecule has 0 rings (SSSR count). The van der Waals surface area contributed by atoms with Gasteiger partial charge in [-0.3, -0.25) is 38.4 Å². The SMILES string of the molecule is CCCCC(=O)O.CCCCC(=O)O.CCCCC(=O)O.CCCCC(=O)O.O=C(O)CCCCl.O=C(O)CCCCl.O=C(O)CCCCl.O=C(O)CCCCl. The van der Waals surface area contributed by atoms with Gasteiger partial charge >= 0.3 is 47.8 Å². The molecule has 0 atom stereocenters. The number of hydrogen-bond donors (Lipinski definition) is 8. The summed E-state index contributed by atoms with van der Waals surface area (Å²) >= 11 is 20.7. The Labute approximate surface area is 351 Å². The number of unbranched alkanes of at least 4 members (excludes halogenated alkanes) is 4. The molecular formula is C36H68Cl4O16. The number of aliphatic carboxylic acids is 8. The lowest BCUT2D eigenvalue weighted by atomic mass is 10.3. The van der Waals surface area contributed by atoms with Gasteiger partial charge in [-0.1, -0.05) is 53.4 Å². The molecule has 0 unspecified atom stereocenters. The van der Waals surface area contributed by atoms with Crippen LogP contribution in [-0.4, -0.2) is 112 Å². The molecule has 0 fully saturated rings. The van der Waals surface area contributed by atoms with Crippen LogP contribution in [0.4, 0.5) is 0 Å². The van der Waals surface area contributed by atoms with Gasteiger partial charge in [0.05, 0.1) is 0 Å². The predicted octanol–water partition coefficient (Wildman–Crippen LogP) is 9.40. The van der Waals surface area contributed by atoms with Crippen molar-refractivity contribution in [1.82, 2.24) is 0 Å². The Morgan fingerprint density at radius 1 is 0.268 bits per heavy atom. The molecule has 20 heteroatoms. The van der Waals surface area contributed by atoms with Gasteiger partial charge in [0, 0.05) is 74.9 Å². The molecule has 0 saturated heterocycles. The van der Waals surface area contributed by atoms with Crippen molar-refractivity contribution in [2.24, 2.45) is 0 Å². The second-order valence-electron chi connectivity index (χ2n) is 10.7. The van der Waals surface area contributed by atoms with E-state index in [0.29, 0.717) is 74.9 Å². The van der Waals surface area contributed by atoms with Crippen molar-refractivity contribution >= 4 is 94.2 Å². The maximum atomic E-state index is 9.76. The molecule has 0 heterocycles. The number of alkyl halides is 4. The number of carboxylic acids is 8. The second kappa shape index (κ2) is 66.7. The molecule has 0 aliphatic heterocycles. The molecular weight excluding hydrogens is 830 g/mol. The lowest BCUT2D eigenvalue weighted by Gasteiger charge is -1.85. The lowest BCUT2D eigenvalue weighted by Crippen LogP contribution is -1.93. The second-order valence-corrected chi connectivity index (χ2v) is 12.2. The monoisotopic (exact) mass is 896 g/mol. The van der Waals surface area contributed by atoms with Gasteiger partial charge in [0.2, 0.25) is 0 Å². The third-order valence-electron chi connectivity index (χ3n) is 5.07. The Morgan fingerprint density at radius 2 is 0.375 bits per heavy atom. The van der Waals surface area contributed by atoms with Crippen molar-refractivity contribution < 1.29 is 79.2 Å². The van der Waals surface area contributed by atoms with Gasteiger partial charge in [-0.25, -0.2) is 0 Å². The average molecular weight is 899 g/mol. The molecule has 0 bridgehead atoms. The van der Waals surface area contributed by atoms with E-state index in [9.17, 15) is 38.4 Å². The quantitative estimate of drug-likeness (QED) is 0.0418. The summed E-state index contributed by atoms with van der Waals surface area (Å²) in [5.74, 6) is -4.13. The van der Waals surface area contributed by atoms with E-state index in [1.54, 1.807) is 0 Å². The van der Waals surface area contributed by atoms with Crippen LogP contribution in [0, 0.1) is 0 Å². The summed E-state index contributed by atoms with van der Waals surface area (Å²) in [6.45, 7) is 7.90. The summed E-state index contributed by atoms with van der Waals surface area (Å²) in [5.41, 5.74) is 0. The van der Waals surface area contributed by atoms with E-state index in [1.165, 1.54) is 0 Å². The molecule has 56 heavy (non-hydrogen) atoms. The van der Waals surface area contributed by atoms with Crippen LogP contribution in [0.15, 0.2) is 0 Å². The van der Waals surface area contributed by atoms with E-state index < -0.39 is 47.8 Å². The number of hydrogen-bond acceptors (Lipinski definition) is 8. The number of carbonyl (C=O) groups is 8.